The van der Waals surface area contributed by atoms with E-state index in [1.807, 2.05) is 36.1 Å². The SMILES string of the molecule is Cc1cc(C)cc(C(=C[PH](=O)Cc2ccccc2)c2cc(C)cc(C)c2)c1. The highest BCUT2D eigenvalue weighted by Gasteiger charge is 2.10. The van der Waals surface area contributed by atoms with Gasteiger partial charge in [0.2, 0.25) is 0 Å². The van der Waals surface area contributed by atoms with Gasteiger partial charge in [-0.3, -0.25) is 0 Å². The molecule has 0 bridgehead atoms. The molecule has 0 saturated heterocycles. The van der Waals surface area contributed by atoms with Crippen LogP contribution in [0.2, 0.25) is 0 Å². The number of hydrogen-bond acceptors (Lipinski definition) is 1. The molecule has 3 aromatic carbocycles. The van der Waals surface area contributed by atoms with E-state index < -0.39 is 7.80 Å². The maximum atomic E-state index is 13.0. The third kappa shape index (κ3) is 5.31. The summed E-state index contributed by atoms with van der Waals surface area (Å²) in [6.45, 7) is 8.45. The van der Waals surface area contributed by atoms with Crippen molar-refractivity contribution in [3.63, 3.8) is 0 Å². The minimum absolute atomic E-state index is 0.602. The van der Waals surface area contributed by atoms with Crippen LogP contribution in [-0.2, 0) is 10.7 Å². The molecule has 0 aromatic heterocycles. The van der Waals surface area contributed by atoms with Crippen LogP contribution in [0.15, 0.2) is 72.5 Å². The minimum atomic E-state index is -1.90. The highest BCUT2D eigenvalue weighted by Crippen LogP contribution is 2.36. The van der Waals surface area contributed by atoms with E-state index in [0.717, 1.165) is 22.3 Å². The van der Waals surface area contributed by atoms with Crippen molar-refractivity contribution in [2.24, 2.45) is 0 Å². The first-order valence-corrected chi connectivity index (χ1v) is 11.1. The molecule has 2 heteroatoms. The first kappa shape index (κ1) is 19.4. The van der Waals surface area contributed by atoms with Crippen LogP contribution in [-0.4, -0.2) is 0 Å². The molecule has 1 nitrogen and oxygen atoms in total. The predicted octanol–water partition coefficient (Wildman–Crippen LogP) is 7.07. The molecule has 3 rings (SSSR count). The van der Waals surface area contributed by atoms with Crippen molar-refractivity contribution >= 4 is 13.4 Å². The highest BCUT2D eigenvalue weighted by atomic mass is 31.1. The molecule has 27 heavy (non-hydrogen) atoms. The van der Waals surface area contributed by atoms with Gasteiger partial charge in [0.05, 0.1) is 0 Å². The van der Waals surface area contributed by atoms with Crippen molar-refractivity contribution in [2.45, 2.75) is 33.9 Å². The molecule has 0 saturated carbocycles. The molecule has 1 atom stereocenters. The topological polar surface area (TPSA) is 17.1 Å². The number of hydrogen-bond donors (Lipinski definition) is 0. The van der Waals surface area contributed by atoms with Gasteiger partial charge in [0.15, 0.2) is 0 Å². The van der Waals surface area contributed by atoms with Crippen molar-refractivity contribution in [1.82, 2.24) is 0 Å². The van der Waals surface area contributed by atoms with Crippen LogP contribution in [0, 0.1) is 27.7 Å². The Hall–Kier alpha value is -2.37. The Labute approximate surface area is 163 Å². The normalized spacial score (nSPS) is 11.9. The monoisotopic (exact) mass is 374 g/mol. The summed E-state index contributed by atoms with van der Waals surface area (Å²) >= 11 is 0. The van der Waals surface area contributed by atoms with Crippen LogP contribution in [0.5, 0.6) is 0 Å². The van der Waals surface area contributed by atoms with E-state index in [1.165, 1.54) is 22.3 Å². The second kappa shape index (κ2) is 8.55. The van der Waals surface area contributed by atoms with Gasteiger partial charge in [-0.25, -0.2) is 0 Å². The Balaban J connectivity index is 2.07. The van der Waals surface area contributed by atoms with E-state index in [4.69, 9.17) is 0 Å². The van der Waals surface area contributed by atoms with Crippen LogP contribution < -0.4 is 0 Å². The van der Waals surface area contributed by atoms with Gasteiger partial charge in [0.25, 0.3) is 0 Å². The summed E-state index contributed by atoms with van der Waals surface area (Å²) in [5, 5.41) is 0. The van der Waals surface area contributed by atoms with Crippen LogP contribution in [0.25, 0.3) is 5.57 Å². The second-order valence-corrected chi connectivity index (χ2v) is 9.01. The van der Waals surface area contributed by atoms with Gasteiger partial charge in [0, 0.05) is 6.16 Å². The quantitative estimate of drug-likeness (QED) is 0.437. The molecule has 0 radical (unpaired) electrons. The van der Waals surface area contributed by atoms with E-state index >= 15 is 0 Å². The molecule has 0 aliphatic heterocycles. The fourth-order valence-electron chi connectivity index (χ4n) is 3.60. The Morgan fingerprint density at radius 1 is 0.741 bits per heavy atom. The maximum Gasteiger partial charge on any atom is 0.102 e. The molecule has 0 fully saturated rings. The van der Waals surface area contributed by atoms with Crippen molar-refractivity contribution in [1.29, 1.82) is 0 Å². The Morgan fingerprint density at radius 3 is 1.63 bits per heavy atom. The summed E-state index contributed by atoms with van der Waals surface area (Å²) in [5.41, 5.74) is 9.39. The first-order valence-electron chi connectivity index (χ1n) is 9.36. The second-order valence-electron chi connectivity index (χ2n) is 7.44. The Morgan fingerprint density at radius 2 is 1.19 bits per heavy atom. The van der Waals surface area contributed by atoms with Gasteiger partial charge in [-0.05, 0) is 55.8 Å². The van der Waals surface area contributed by atoms with E-state index in [2.05, 4.69) is 64.1 Å². The standard InChI is InChI=1S/C25H27OP/c1-18-10-19(2)13-23(12-18)25(24-14-20(3)11-21(4)15-24)17-27(26)16-22-8-6-5-7-9-22/h5-15,17,27H,16H2,1-4H3. The zero-order valence-corrected chi connectivity index (χ0v) is 17.5. The summed E-state index contributed by atoms with van der Waals surface area (Å²) in [5.74, 6) is 2.00. The van der Waals surface area contributed by atoms with E-state index in [0.29, 0.717) is 6.16 Å². The average Bonchev–Trinajstić information content (AvgIpc) is 2.59. The smallest absolute Gasteiger partial charge is 0.102 e. The highest BCUT2D eigenvalue weighted by molar-refractivity contribution is 7.47. The lowest BCUT2D eigenvalue weighted by Gasteiger charge is -2.13. The lowest BCUT2D eigenvalue weighted by Crippen LogP contribution is -1.92. The van der Waals surface area contributed by atoms with Crippen LogP contribution in [0.1, 0.15) is 38.9 Å². The third-order valence-corrected chi connectivity index (χ3v) is 5.96. The van der Waals surface area contributed by atoms with Crippen molar-refractivity contribution in [3.05, 3.63) is 111 Å². The van der Waals surface area contributed by atoms with E-state index in [-0.39, 0.29) is 0 Å². The molecule has 1 unspecified atom stereocenters. The predicted molar refractivity (Wildman–Crippen MR) is 118 cm³/mol. The van der Waals surface area contributed by atoms with Crippen LogP contribution in [0.3, 0.4) is 0 Å². The molecule has 138 valence electrons. The molecular formula is C25H27OP. The van der Waals surface area contributed by atoms with Crippen molar-refractivity contribution in [3.8, 4) is 0 Å². The summed E-state index contributed by atoms with van der Waals surface area (Å²) in [6.07, 6.45) is 0.602. The molecular weight excluding hydrogens is 347 g/mol. The molecule has 0 N–H and O–H groups in total. The zero-order chi connectivity index (χ0) is 19.4. The van der Waals surface area contributed by atoms with Crippen LogP contribution >= 0.6 is 7.80 Å². The molecule has 0 amide bonds. The molecule has 0 aliphatic carbocycles. The summed E-state index contributed by atoms with van der Waals surface area (Å²) in [4.78, 5) is 0. The number of rotatable bonds is 5. The lowest BCUT2D eigenvalue weighted by atomic mass is 9.94. The van der Waals surface area contributed by atoms with Gasteiger partial charge in [0.1, 0.15) is 7.80 Å². The summed E-state index contributed by atoms with van der Waals surface area (Å²) in [7, 11) is -1.90. The minimum Gasteiger partial charge on any atom is -0.322 e. The number of aryl methyl sites for hydroxylation is 4. The van der Waals surface area contributed by atoms with Gasteiger partial charge in [-0.1, -0.05) is 89.0 Å². The van der Waals surface area contributed by atoms with Gasteiger partial charge in [-0.15, -0.1) is 0 Å². The fraction of sp³-hybridized carbons (Fsp3) is 0.200. The van der Waals surface area contributed by atoms with Gasteiger partial charge in [-0.2, -0.15) is 0 Å². The maximum absolute atomic E-state index is 13.0. The third-order valence-electron chi connectivity index (χ3n) is 4.59. The molecule has 0 spiro atoms. The molecule has 0 aliphatic rings. The molecule has 0 heterocycles. The average molecular weight is 374 g/mol. The van der Waals surface area contributed by atoms with E-state index in [9.17, 15) is 4.57 Å². The zero-order valence-electron chi connectivity index (χ0n) is 16.5. The van der Waals surface area contributed by atoms with Gasteiger partial charge >= 0.3 is 0 Å². The van der Waals surface area contributed by atoms with Gasteiger partial charge < -0.3 is 4.57 Å². The van der Waals surface area contributed by atoms with Crippen molar-refractivity contribution in [2.75, 3.05) is 0 Å². The first-order chi connectivity index (χ1) is 12.9. The van der Waals surface area contributed by atoms with Crippen molar-refractivity contribution < 1.29 is 4.57 Å². The number of benzene rings is 3. The summed E-state index contributed by atoms with van der Waals surface area (Å²) in [6, 6.07) is 23.2. The van der Waals surface area contributed by atoms with Crippen LogP contribution in [0.4, 0.5) is 0 Å². The lowest BCUT2D eigenvalue weighted by molar-refractivity contribution is 0.592. The largest absolute Gasteiger partial charge is 0.322 e. The fourth-order valence-corrected chi connectivity index (χ4v) is 5.00. The Bertz CT molecular complexity index is 906. The Kier molecular flexibility index (Phi) is 6.14. The summed E-state index contributed by atoms with van der Waals surface area (Å²) < 4.78 is 13.0. The molecule has 3 aromatic rings. The van der Waals surface area contributed by atoms with E-state index in [1.54, 1.807) is 0 Å².